The Labute approximate surface area is 167 Å². The SMILES string of the molecule is CC1Cc2ccccc2N1C(=O)c1cnc(Nc2ccc(Cl)c(Cl)c2)cn1. The molecule has 0 aliphatic carbocycles. The molecule has 1 atom stereocenters. The van der Waals surface area contributed by atoms with Gasteiger partial charge in [-0.05, 0) is 43.2 Å². The molecule has 7 heteroatoms. The second kappa shape index (κ2) is 7.18. The largest absolute Gasteiger partial charge is 0.339 e. The first kappa shape index (κ1) is 17.8. The maximum Gasteiger partial charge on any atom is 0.278 e. The Balaban J connectivity index is 1.54. The summed E-state index contributed by atoms with van der Waals surface area (Å²) in [6.07, 6.45) is 3.85. The monoisotopic (exact) mass is 398 g/mol. The van der Waals surface area contributed by atoms with Crippen LogP contribution in [0.15, 0.2) is 54.9 Å². The molecule has 1 unspecified atom stereocenters. The molecule has 136 valence electrons. The third kappa shape index (κ3) is 3.48. The van der Waals surface area contributed by atoms with E-state index in [4.69, 9.17) is 23.2 Å². The van der Waals surface area contributed by atoms with Crippen LogP contribution in [0.2, 0.25) is 10.0 Å². The molecule has 0 saturated heterocycles. The first-order valence-electron chi connectivity index (χ1n) is 8.48. The zero-order valence-electron chi connectivity index (χ0n) is 14.5. The van der Waals surface area contributed by atoms with Gasteiger partial charge in [-0.3, -0.25) is 4.79 Å². The fourth-order valence-electron chi connectivity index (χ4n) is 3.22. The molecule has 1 N–H and O–H groups in total. The Morgan fingerprint density at radius 1 is 1.11 bits per heavy atom. The molecule has 0 saturated carbocycles. The number of amides is 1. The number of para-hydroxylation sites is 1. The van der Waals surface area contributed by atoms with Crippen molar-refractivity contribution in [3.63, 3.8) is 0 Å². The van der Waals surface area contributed by atoms with Crippen LogP contribution in [0.25, 0.3) is 0 Å². The number of benzene rings is 2. The molecule has 1 aliphatic heterocycles. The van der Waals surface area contributed by atoms with E-state index in [9.17, 15) is 4.79 Å². The summed E-state index contributed by atoms with van der Waals surface area (Å²) in [5.41, 5.74) is 3.15. The number of hydrogen-bond donors (Lipinski definition) is 1. The minimum atomic E-state index is -0.152. The Bertz CT molecular complexity index is 1010. The average molecular weight is 399 g/mol. The predicted molar refractivity (Wildman–Crippen MR) is 108 cm³/mol. The van der Waals surface area contributed by atoms with Gasteiger partial charge in [-0.2, -0.15) is 0 Å². The number of hydrogen-bond acceptors (Lipinski definition) is 4. The molecule has 1 amide bonds. The lowest BCUT2D eigenvalue weighted by molar-refractivity contribution is 0.0976. The fraction of sp³-hybridized carbons (Fsp3) is 0.150. The van der Waals surface area contributed by atoms with Crippen LogP contribution in [-0.2, 0) is 6.42 Å². The van der Waals surface area contributed by atoms with E-state index in [1.165, 1.54) is 18.0 Å². The van der Waals surface area contributed by atoms with E-state index in [2.05, 4.69) is 21.4 Å². The summed E-state index contributed by atoms with van der Waals surface area (Å²) < 4.78 is 0. The topological polar surface area (TPSA) is 58.1 Å². The van der Waals surface area contributed by atoms with E-state index in [0.29, 0.717) is 21.6 Å². The van der Waals surface area contributed by atoms with Crippen LogP contribution in [0, 0.1) is 0 Å². The highest BCUT2D eigenvalue weighted by molar-refractivity contribution is 6.42. The highest BCUT2D eigenvalue weighted by Gasteiger charge is 2.31. The van der Waals surface area contributed by atoms with E-state index >= 15 is 0 Å². The summed E-state index contributed by atoms with van der Waals surface area (Å²) in [6, 6.07) is 13.2. The van der Waals surface area contributed by atoms with Crippen LogP contribution >= 0.6 is 23.2 Å². The van der Waals surface area contributed by atoms with Gasteiger partial charge >= 0.3 is 0 Å². The van der Waals surface area contributed by atoms with Crippen LogP contribution in [-0.4, -0.2) is 21.9 Å². The van der Waals surface area contributed by atoms with Crippen LogP contribution < -0.4 is 10.2 Å². The van der Waals surface area contributed by atoms with Crippen molar-refractivity contribution in [1.82, 2.24) is 9.97 Å². The predicted octanol–water partition coefficient (Wildman–Crippen LogP) is 5.12. The van der Waals surface area contributed by atoms with Crippen molar-refractivity contribution in [1.29, 1.82) is 0 Å². The molecule has 3 aromatic rings. The highest BCUT2D eigenvalue weighted by atomic mass is 35.5. The number of carbonyl (C=O) groups excluding carboxylic acids is 1. The van der Waals surface area contributed by atoms with E-state index in [-0.39, 0.29) is 11.9 Å². The summed E-state index contributed by atoms with van der Waals surface area (Å²) in [6.45, 7) is 2.03. The number of anilines is 3. The van der Waals surface area contributed by atoms with Crippen molar-refractivity contribution in [2.75, 3.05) is 10.2 Å². The van der Waals surface area contributed by atoms with E-state index in [0.717, 1.165) is 17.8 Å². The molecule has 0 spiro atoms. The Morgan fingerprint density at radius 2 is 1.93 bits per heavy atom. The van der Waals surface area contributed by atoms with Gasteiger partial charge < -0.3 is 10.2 Å². The van der Waals surface area contributed by atoms with E-state index < -0.39 is 0 Å². The number of aromatic nitrogens is 2. The van der Waals surface area contributed by atoms with Crippen molar-refractivity contribution < 1.29 is 4.79 Å². The zero-order valence-corrected chi connectivity index (χ0v) is 16.0. The third-order valence-electron chi connectivity index (χ3n) is 4.49. The van der Waals surface area contributed by atoms with Gasteiger partial charge in [0.1, 0.15) is 11.5 Å². The second-order valence-corrected chi connectivity index (χ2v) is 7.21. The molecule has 4 rings (SSSR count). The van der Waals surface area contributed by atoms with Crippen molar-refractivity contribution in [3.05, 3.63) is 76.2 Å². The van der Waals surface area contributed by atoms with Gasteiger partial charge in [-0.25, -0.2) is 9.97 Å². The Kier molecular flexibility index (Phi) is 4.72. The first-order valence-corrected chi connectivity index (χ1v) is 9.24. The normalized spacial score (nSPS) is 15.5. The number of fused-ring (bicyclic) bond motifs is 1. The summed E-state index contributed by atoms with van der Waals surface area (Å²) in [5.74, 6) is 0.362. The van der Waals surface area contributed by atoms with Crippen molar-refractivity contribution in [3.8, 4) is 0 Å². The minimum Gasteiger partial charge on any atom is -0.339 e. The molecule has 2 aromatic carbocycles. The van der Waals surface area contributed by atoms with Crippen molar-refractivity contribution >= 4 is 46.3 Å². The maximum atomic E-state index is 12.9. The maximum absolute atomic E-state index is 12.9. The molecule has 2 heterocycles. The third-order valence-corrected chi connectivity index (χ3v) is 5.23. The van der Waals surface area contributed by atoms with Gasteiger partial charge in [0.2, 0.25) is 0 Å². The lowest BCUT2D eigenvalue weighted by atomic mass is 10.1. The quantitative estimate of drug-likeness (QED) is 0.664. The molecular formula is C20H16Cl2N4O. The minimum absolute atomic E-state index is 0.0886. The lowest BCUT2D eigenvalue weighted by Gasteiger charge is -2.22. The summed E-state index contributed by atoms with van der Waals surface area (Å²) in [5, 5.41) is 4.02. The molecule has 0 fully saturated rings. The van der Waals surface area contributed by atoms with Gasteiger partial charge in [0.05, 0.1) is 22.4 Å². The van der Waals surface area contributed by atoms with Crippen LogP contribution in [0.4, 0.5) is 17.2 Å². The number of nitrogens with one attached hydrogen (secondary N) is 1. The zero-order chi connectivity index (χ0) is 19.0. The smallest absolute Gasteiger partial charge is 0.278 e. The van der Waals surface area contributed by atoms with Gasteiger partial charge in [0.25, 0.3) is 5.91 Å². The molecular weight excluding hydrogens is 383 g/mol. The summed E-state index contributed by atoms with van der Waals surface area (Å²) >= 11 is 11.9. The van der Waals surface area contributed by atoms with Gasteiger partial charge in [-0.15, -0.1) is 0 Å². The highest BCUT2D eigenvalue weighted by Crippen LogP contribution is 2.33. The summed E-state index contributed by atoms with van der Waals surface area (Å²) in [7, 11) is 0. The molecule has 0 radical (unpaired) electrons. The number of halogens is 2. The van der Waals surface area contributed by atoms with E-state index in [1.807, 2.05) is 25.1 Å². The van der Waals surface area contributed by atoms with Crippen LogP contribution in [0.1, 0.15) is 23.0 Å². The molecule has 5 nitrogen and oxygen atoms in total. The molecule has 27 heavy (non-hydrogen) atoms. The lowest BCUT2D eigenvalue weighted by Crippen LogP contribution is -2.36. The van der Waals surface area contributed by atoms with Crippen molar-refractivity contribution in [2.24, 2.45) is 0 Å². The first-order chi connectivity index (χ1) is 13.0. The molecule has 0 bridgehead atoms. The number of nitrogens with zero attached hydrogens (tertiary/aromatic N) is 3. The van der Waals surface area contributed by atoms with Gasteiger partial charge in [-0.1, -0.05) is 41.4 Å². The average Bonchev–Trinajstić information content (AvgIpc) is 3.00. The van der Waals surface area contributed by atoms with Crippen molar-refractivity contribution in [2.45, 2.75) is 19.4 Å². The standard InChI is InChI=1S/C20H16Cl2N4O/c1-12-8-13-4-2-3-5-18(13)26(12)20(27)17-10-24-19(11-23-17)25-14-6-7-15(21)16(22)9-14/h2-7,9-12H,8H2,1H3,(H,24,25). The Morgan fingerprint density at radius 3 is 2.67 bits per heavy atom. The fourth-order valence-corrected chi connectivity index (χ4v) is 3.52. The Hall–Kier alpha value is -2.63. The molecule has 1 aliphatic rings. The molecule has 1 aromatic heterocycles. The number of carbonyl (C=O) groups is 1. The van der Waals surface area contributed by atoms with Crippen LogP contribution in [0.3, 0.4) is 0 Å². The van der Waals surface area contributed by atoms with Gasteiger partial charge in [0.15, 0.2) is 0 Å². The number of rotatable bonds is 3. The second-order valence-electron chi connectivity index (χ2n) is 6.40. The summed E-state index contributed by atoms with van der Waals surface area (Å²) in [4.78, 5) is 23.3. The van der Waals surface area contributed by atoms with E-state index in [1.54, 1.807) is 23.1 Å². The van der Waals surface area contributed by atoms with Crippen LogP contribution in [0.5, 0.6) is 0 Å². The van der Waals surface area contributed by atoms with Gasteiger partial charge in [0, 0.05) is 17.4 Å².